The van der Waals surface area contributed by atoms with E-state index in [9.17, 15) is 10.2 Å². The molecule has 1 saturated carbocycles. The Morgan fingerprint density at radius 3 is 2.59 bits per heavy atom. The van der Waals surface area contributed by atoms with Crippen molar-refractivity contribution in [2.45, 2.75) is 71.1 Å². The summed E-state index contributed by atoms with van der Waals surface area (Å²) in [5, 5.41) is 21.4. The molecule has 1 spiro atoms. The van der Waals surface area contributed by atoms with Gasteiger partial charge >= 0.3 is 0 Å². The average Bonchev–Trinajstić information content (AvgIpc) is 2.98. The summed E-state index contributed by atoms with van der Waals surface area (Å²) in [5.74, 6) is -0.144. The Bertz CT molecular complexity index is 847. The first-order valence-electron chi connectivity index (χ1n) is 10.3. The number of hydrogen-bond donors (Lipinski definition) is 2. The third-order valence-corrected chi connectivity index (χ3v) is 8.56. The van der Waals surface area contributed by atoms with Gasteiger partial charge in [0.15, 0.2) is 5.79 Å². The van der Waals surface area contributed by atoms with Gasteiger partial charge in [0.25, 0.3) is 0 Å². The van der Waals surface area contributed by atoms with E-state index in [1.165, 1.54) is 0 Å². The molecular formula is C23H30O4. The predicted molar refractivity (Wildman–Crippen MR) is 103 cm³/mol. The van der Waals surface area contributed by atoms with Crippen LogP contribution in [0.5, 0.6) is 5.75 Å². The number of aliphatic hydroxyl groups is 1. The summed E-state index contributed by atoms with van der Waals surface area (Å²) < 4.78 is 13.4. The van der Waals surface area contributed by atoms with Crippen LogP contribution in [0.1, 0.15) is 57.2 Å². The van der Waals surface area contributed by atoms with E-state index in [0.29, 0.717) is 11.7 Å². The zero-order valence-corrected chi connectivity index (χ0v) is 16.8. The molecule has 2 N–H and O–H groups in total. The molecule has 4 aliphatic rings. The van der Waals surface area contributed by atoms with Crippen molar-refractivity contribution in [3.05, 3.63) is 34.9 Å². The lowest BCUT2D eigenvalue weighted by Crippen LogP contribution is -2.64. The maximum Gasteiger partial charge on any atom is 0.198 e. The van der Waals surface area contributed by atoms with Crippen LogP contribution in [0.25, 0.3) is 6.08 Å². The molecule has 2 heterocycles. The van der Waals surface area contributed by atoms with Gasteiger partial charge in [-0.1, -0.05) is 39.0 Å². The fourth-order valence-corrected chi connectivity index (χ4v) is 6.63. The van der Waals surface area contributed by atoms with E-state index < -0.39 is 17.5 Å². The van der Waals surface area contributed by atoms with Gasteiger partial charge in [-0.15, -0.1) is 0 Å². The van der Waals surface area contributed by atoms with Crippen LogP contribution in [-0.4, -0.2) is 28.2 Å². The van der Waals surface area contributed by atoms with E-state index in [-0.39, 0.29) is 23.4 Å². The van der Waals surface area contributed by atoms with Crippen LogP contribution in [0.15, 0.2) is 18.2 Å². The van der Waals surface area contributed by atoms with Crippen molar-refractivity contribution in [3.63, 3.8) is 0 Å². The number of phenolic OH excluding ortho intramolecular Hbond substituents is 1. The average molecular weight is 370 g/mol. The van der Waals surface area contributed by atoms with Gasteiger partial charge in [0.1, 0.15) is 17.5 Å². The van der Waals surface area contributed by atoms with Gasteiger partial charge in [-0.25, -0.2) is 0 Å². The molecule has 1 aromatic rings. The number of hydrogen-bond acceptors (Lipinski definition) is 4. The largest absolute Gasteiger partial charge is 0.508 e. The summed E-state index contributed by atoms with van der Waals surface area (Å²) in [4.78, 5) is 0. The molecule has 146 valence electrons. The van der Waals surface area contributed by atoms with Gasteiger partial charge in [0.2, 0.25) is 0 Å². The predicted octanol–water partition coefficient (Wildman–Crippen LogP) is 4.12. The van der Waals surface area contributed by atoms with Crippen LogP contribution in [0.3, 0.4) is 0 Å². The van der Waals surface area contributed by atoms with Gasteiger partial charge in [0, 0.05) is 17.3 Å². The third-order valence-electron chi connectivity index (χ3n) is 8.56. The molecule has 4 nitrogen and oxygen atoms in total. The first kappa shape index (κ1) is 17.7. The van der Waals surface area contributed by atoms with Crippen LogP contribution in [-0.2, 0) is 15.1 Å². The van der Waals surface area contributed by atoms with E-state index in [0.717, 1.165) is 29.5 Å². The highest BCUT2D eigenvalue weighted by atomic mass is 16.7. The lowest BCUT2D eigenvalue weighted by atomic mass is 9.57. The minimum atomic E-state index is -0.965. The van der Waals surface area contributed by atoms with E-state index in [4.69, 9.17) is 9.47 Å². The number of fused-ring (bicyclic) bond motifs is 1. The second-order valence-corrected chi connectivity index (χ2v) is 9.50. The number of ether oxygens (including phenoxy) is 2. The summed E-state index contributed by atoms with van der Waals surface area (Å²) in [6.07, 6.45) is 5.71. The van der Waals surface area contributed by atoms with Crippen LogP contribution in [0.4, 0.5) is 0 Å². The summed E-state index contributed by atoms with van der Waals surface area (Å²) in [6, 6.07) is 3.79. The highest BCUT2D eigenvalue weighted by molar-refractivity contribution is 5.67. The maximum absolute atomic E-state index is 11.2. The van der Waals surface area contributed by atoms with E-state index in [1.54, 1.807) is 6.07 Å². The molecule has 27 heavy (non-hydrogen) atoms. The molecule has 2 aliphatic carbocycles. The fraction of sp³-hybridized carbons (Fsp3) is 0.652. The van der Waals surface area contributed by atoms with E-state index >= 15 is 0 Å². The number of aromatic hydroxyl groups is 1. The molecule has 3 fully saturated rings. The summed E-state index contributed by atoms with van der Waals surface area (Å²) in [7, 11) is 0. The van der Waals surface area contributed by atoms with Crippen LogP contribution >= 0.6 is 0 Å². The molecule has 0 radical (unpaired) electrons. The smallest absolute Gasteiger partial charge is 0.198 e. The van der Waals surface area contributed by atoms with E-state index in [1.807, 2.05) is 26.8 Å². The number of phenols is 1. The molecule has 8 atom stereocenters. The molecule has 5 rings (SSSR count). The molecular weight excluding hydrogens is 340 g/mol. The van der Waals surface area contributed by atoms with Gasteiger partial charge in [-0.2, -0.15) is 0 Å². The minimum Gasteiger partial charge on any atom is -0.508 e. The van der Waals surface area contributed by atoms with Crippen molar-refractivity contribution in [3.8, 4) is 5.75 Å². The Morgan fingerprint density at radius 1 is 1.19 bits per heavy atom. The van der Waals surface area contributed by atoms with Gasteiger partial charge in [0.05, 0.1) is 6.10 Å². The Kier molecular flexibility index (Phi) is 3.39. The summed E-state index contributed by atoms with van der Waals surface area (Å²) in [6.45, 7) is 10.5. The minimum absolute atomic E-state index is 0.0350. The van der Waals surface area contributed by atoms with Crippen molar-refractivity contribution >= 4 is 6.08 Å². The van der Waals surface area contributed by atoms with Crippen molar-refractivity contribution in [2.24, 2.45) is 23.2 Å². The topological polar surface area (TPSA) is 58.9 Å². The SMILES string of the molecule is Cc1c(O)ccc2c1C=C[C@]1(C)[C@@H]3CC[C@]21O[C@@]1(O[C@@H](C)[C@@H](C)[C@H]1O)[C@H]3C. The molecule has 1 aromatic carbocycles. The summed E-state index contributed by atoms with van der Waals surface area (Å²) in [5.41, 5.74) is 2.38. The Labute approximate surface area is 161 Å². The van der Waals surface area contributed by atoms with Gasteiger partial charge in [-0.05, 0) is 55.4 Å². The van der Waals surface area contributed by atoms with E-state index in [2.05, 4.69) is 26.0 Å². The molecule has 0 unspecified atom stereocenters. The number of benzene rings is 1. The second kappa shape index (κ2) is 5.16. The van der Waals surface area contributed by atoms with Crippen molar-refractivity contribution in [1.82, 2.24) is 0 Å². The third kappa shape index (κ3) is 1.81. The molecule has 2 aliphatic heterocycles. The fourth-order valence-electron chi connectivity index (χ4n) is 6.63. The first-order valence-corrected chi connectivity index (χ1v) is 10.3. The van der Waals surface area contributed by atoms with Crippen molar-refractivity contribution in [2.75, 3.05) is 0 Å². The number of rotatable bonds is 0. The highest BCUT2D eigenvalue weighted by Gasteiger charge is 2.73. The first-order chi connectivity index (χ1) is 12.7. The number of aliphatic hydroxyl groups excluding tert-OH is 1. The van der Waals surface area contributed by atoms with Gasteiger partial charge < -0.3 is 19.7 Å². The quantitative estimate of drug-likeness (QED) is 0.721. The zero-order chi connectivity index (χ0) is 19.4. The van der Waals surface area contributed by atoms with Crippen LogP contribution in [0, 0.1) is 30.1 Å². The monoisotopic (exact) mass is 370 g/mol. The molecule has 0 amide bonds. The molecule has 2 saturated heterocycles. The second-order valence-electron chi connectivity index (χ2n) is 9.50. The lowest BCUT2D eigenvalue weighted by Gasteiger charge is -2.59. The Morgan fingerprint density at radius 2 is 1.93 bits per heavy atom. The Hall–Kier alpha value is -1.36. The standard InChI is InChI=1S/C23H30O4/c1-12-15(4)26-23(20(12)25)14(3)17-9-11-22(27-23)18-6-7-19(24)13(2)16(18)8-10-21(17,22)5/h6-8,10,12,14-15,17,20,24-25H,9,11H2,1-5H3/t12-,14+,15+,17-,20-,21-,22+,23+/m1/s1. The zero-order valence-electron chi connectivity index (χ0n) is 16.8. The molecule has 4 heteroatoms. The highest BCUT2D eigenvalue weighted by Crippen LogP contribution is 2.71. The lowest BCUT2D eigenvalue weighted by molar-refractivity contribution is -0.375. The maximum atomic E-state index is 11.2. The molecule has 0 aromatic heterocycles. The van der Waals surface area contributed by atoms with Crippen LogP contribution < -0.4 is 0 Å². The van der Waals surface area contributed by atoms with Crippen molar-refractivity contribution in [1.29, 1.82) is 0 Å². The molecule has 2 bridgehead atoms. The van der Waals surface area contributed by atoms with Crippen LogP contribution in [0.2, 0.25) is 0 Å². The summed E-state index contributed by atoms with van der Waals surface area (Å²) >= 11 is 0. The van der Waals surface area contributed by atoms with Gasteiger partial charge in [-0.3, -0.25) is 0 Å². The normalized spacial score (nSPS) is 50.1. The van der Waals surface area contributed by atoms with Crippen molar-refractivity contribution < 1.29 is 19.7 Å². The Balaban J connectivity index is 1.74.